The Bertz CT molecular complexity index is 7.64. The Morgan fingerprint density at radius 2 is 0.625 bits per heavy atom. The second-order valence-corrected chi connectivity index (χ2v) is 0. The van der Waals surface area contributed by atoms with Gasteiger partial charge in [0.2, 0.25) is 0 Å². The summed E-state index contributed by atoms with van der Waals surface area (Å²) in [5.41, 5.74) is 13.5. The summed E-state index contributed by atoms with van der Waals surface area (Å²) >= 11 is 0. The molecule has 6 N–H and O–H groups in total. The zero-order chi connectivity index (χ0) is 8.00. The van der Waals surface area contributed by atoms with E-state index in [1.807, 2.05) is 0 Å². The summed E-state index contributed by atoms with van der Waals surface area (Å²) in [6, 6.07) is 0. The van der Waals surface area contributed by atoms with Crippen LogP contribution in [-0.2, 0) is 0 Å². The van der Waals surface area contributed by atoms with Gasteiger partial charge in [-0.3, -0.25) is 0 Å². The number of hydrogen-bond acceptors (Lipinski definition) is 3. The predicted octanol–water partition coefficient (Wildman–Crippen LogP) is -0.435. The van der Waals surface area contributed by atoms with Gasteiger partial charge in [0, 0.05) is 0 Å². The molecule has 0 bridgehead atoms. The normalized spacial score (nSPS) is 3.00. The zero-order valence-corrected chi connectivity index (χ0v) is 6.44. The fourth-order valence-corrected chi connectivity index (χ4v) is 0. The molecule has 0 saturated heterocycles. The van der Waals surface area contributed by atoms with Gasteiger partial charge in [-0.1, -0.05) is 13.8 Å². The lowest BCUT2D eigenvalue weighted by molar-refractivity contribution is 1.48. The van der Waals surface area contributed by atoms with Crippen molar-refractivity contribution >= 4 is 0 Å². The van der Waals surface area contributed by atoms with Crippen molar-refractivity contribution in [1.82, 2.24) is 0 Å². The van der Waals surface area contributed by atoms with E-state index in [2.05, 4.69) is 24.1 Å². The first-order valence-electron chi connectivity index (χ1n) is 2.44. The minimum absolute atomic E-state index is 1.50. The first kappa shape index (κ1) is 24.8. The van der Waals surface area contributed by atoms with Crippen LogP contribution >= 0.6 is 0 Å². The maximum atomic E-state index is 4.50. The molecule has 3 nitrogen and oxygen atoms in total. The number of hydrogen-bond donors (Lipinski definition) is 3. The minimum Gasteiger partial charge on any atom is -0.333 e. The third-order valence-corrected chi connectivity index (χ3v) is 0. The van der Waals surface area contributed by atoms with Gasteiger partial charge in [-0.05, 0) is 21.1 Å². The largest absolute Gasteiger partial charge is 0.333 e. The highest BCUT2D eigenvalue weighted by Crippen LogP contribution is 1.11. The summed E-state index contributed by atoms with van der Waals surface area (Å²) < 4.78 is 0. The molecule has 0 rings (SSSR count). The standard InChI is InChI=1S/C2H5.3CH5N/c4*1-2/h1H2,2H3;3*2H2,1H3. The van der Waals surface area contributed by atoms with E-state index in [9.17, 15) is 0 Å². The van der Waals surface area contributed by atoms with E-state index < -0.39 is 0 Å². The maximum Gasteiger partial charge on any atom is -0.0195 e. The van der Waals surface area contributed by atoms with Crippen LogP contribution in [0.3, 0.4) is 0 Å². The SMILES string of the molecule is CN.CN.CN.[CH2]C. The predicted molar refractivity (Wildman–Crippen MR) is 41.4 cm³/mol. The Morgan fingerprint density at radius 3 is 0.625 bits per heavy atom. The molecule has 0 aromatic rings. The Balaban J connectivity index is -0.0000000133. The highest BCUT2D eigenvalue weighted by molar-refractivity contribution is 3.94. The molecule has 0 aliphatic rings. The maximum absolute atomic E-state index is 4.50. The lowest BCUT2D eigenvalue weighted by Gasteiger charge is -1.19. The van der Waals surface area contributed by atoms with E-state index in [1.165, 1.54) is 21.1 Å². The van der Waals surface area contributed by atoms with Gasteiger partial charge in [-0.2, -0.15) is 0 Å². The third kappa shape index (κ3) is 9720. The van der Waals surface area contributed by atoms with Gasteiger partial charge in [0.25, 0.3) is 0 Å². The monoisotopic (exact) mass is 122 g/mol. The molecule has 0 fully saturated rings. The highest BCUT2D eigenvalue weighted by Gasteiger charge is 0.939. The zero-order valence-electron chi connectivity index (χ0n) is 6.44. The first-order valence-corrected chi connectivity index (χ1v) is 2.44. The fourth-order valence-electron chi connectivity index (χ4n) is 0. The van der Waals surface area contributed by atoms with Crippen LogP contribution < -0.4 is 17.2 Å². The van der Waals surface area contributed by atoms with Gasteiger partial charge < -0.3 is 17.2 Å². The molecular weight excluding hydrogens is 102 g/mol. The molecule has 0 aromatic heterocycles. The van der Waals surface area contributed by atoms with Crippen LogP contribution in [0.1, 0.15) is 6.92 Å². The Morgan fingerprint density at radius 1 is 0.625 bits per heavy atom. The Kier molecular flexibility index (Phi) is 51200. The van der Waals surface area contributed by atoms with Gasteiger partial charge in [0.15, 0.2) is 0 Å². The molecule has 0 atom stereocenters. The van der Waals surface area contributed by atoms with Crippen molar-refractivity contribution in [3.63, 3.8) is 0 Å². The van der Waals surface area contributed by atoms with Crippen LogP contribution in [0.25, 0.3) is 0 Å². The van der Waals surface area contributed by atoms with Gasteiger partial charge in [-0.15, -0.1) is 0 Å². The molecule has 3 heteroatoms. The molecule has 0 spiro atoms. The van der Waals surface area contributed by atoms with E-state index in [0.29, 0.717) is 0 Å². The first-order chi connectivity index (χ1) is 4.00. The van der Waals surface area contributed by atoms with Crippen molar-refractivity contribution in [2.24, 2.45) is 17.2 Å². The molecular formula is C5H20N3. The fraction of sp³-hybridized carbons (Fsp3) is 0.800. The van der Waals surface area contributed by atoms with E-state index in [4.69, 9.17) is 0 Å². The molecule has 0 aliphatic carbocycles. The van der Waals surface area contributed by atoms with Crippen LogP contribution in [0.5, 0.6) is 0 Å². The van der Waals surface area contributed by atoms with Crippen LogP contribution in [0.4, 0.5) is 0 Å². The summed E-state index contributed by atoms with van der Waals surface area (Å²) in [7, 11) is 4.50. The summed E-state index contributed by atoms with van der Waals surface area (Å²) in [5.74, 6) is 0. The molecule has 55 valence electrons. The summed E-state index contributed by atoms with van der Waals surface area (Å²) in [4.78, 5) is 0. The van der Waals surface area contributed by atoms with E-state index in [0.717, 1.165) is 0 Å². The van der Waals surface area contributed by atoms with Crippen LogP contribution in [0.15, 0.2) is 0 Å². The summed E-state index contributed by atoms with van der Waals surface area (Å²) in [6.07, 6.45) is 0. The summed E-state index contributed by atoms with van der Waals surface area (Å²) in [6.45, 7) is 5.00. The highest BCUT2D eigenvalue weighted by atomic mass is 14.4. The molecule has 0 heterocycles. The van der Waals surface area contributed by atoms with Crippen LogP contribution in [0.2, 0.25) is 0 Å². The molecule has 0 unspecified atom stereocenters. The van der Waals surface area contributed by atoms with Crippen molar-refractivity contribution in [2.45, 2.75) is 6.92 Å². The van der Waals surface area contributed by atoms with Gasteiger partial charge in [0.1, 0.15) is 0 Å². The lowest BCUT2D eigenvalue weighted by atomic mass is 11.0. The van der Waals surface area contributed by atoms with Crippen molar-refractivity contribution in [2.75, 3.05) is 21.1 Å². The van der Waals surface area contributed by atoms with Gasteiger partial charge in [0.05, 0.1) is 0 Å². The van der Waals surface area contributed by atoms with Crippen molar-refractivity contribution in [3.05, 3.63) is 6.92 Å². The van der Waals surface area contributed by atoms with Crippen LogP contribution in [-0.4, -0.2) is 21.1 Å². The van der Waals surface area contributed by atoms with Crippen molar-refractivity contribution in [3.8, 4) is 0 Å². The smallest absolute Gasteiger partial charge is 0.0195 e. The number of nitrogens with two attached hydrogens (primary N) is 3. The van der Waals surface area contributed by atoms with E-state index in [1.54, 1.807) is 6.92 Å². The second kappa shape index (κ2) is 16500. The molecule has 0 amide bonds. The molecule has 0 aromatic carbocycles. The number of rotatable bonds is 0. The Labute approximate surface area is 53.2 Å². The molecule has 1 radical (unpaired) electrons. The third-order valence-electron chi connectivity index (χ3n) is 0. The van der Waals surface area contributed by atoms with E-state index >= 15 is 0 Å². The van der Waals surface area contributed by atoms with E-state index in [-0.39, 0.29) is 0 Å². The van der Waals surface area contributed by atoms with Crippen molar-refractivity contribution in [1.29, 1.82) is 0 Å². The average Bonchev–Trinajstić information content (AvgIpc) is 2.03. The topological polar surface area (TPSA) is 78.1 Å². The lowest BCUT2D eigenvalue weighted by Crippen LogP contribution is -1.69. The van der Waals surface area contributed by atoms with Gasteiger partial charge in [-0.25, -0.2) is 0 Å². The average molecular weight is 122 g/mol. The van der Waals surface area contributed by atoms with Gasteiger partial charge >= 0.3 is 0 Å². The second-order valence-electron chi connectivity index (χ2n) is 0. The quantitative estimate of drug-likeness (QED) is 0.408. The Hall–Kier alpha value is -0.120. The van der Waals surface area contributed by atoms with Crippen LogP contribution in [0, 0.1) is 6.92 Å². The van der Waals surface area contributed by atoms with Crippen molar-refractivity contribution < 1.29 is 0 Å². The molecule has 0 aliphatic heterocycles. The summed E-state index contributed by atoms with van der Waals surface area (Å²) in [5, 5.41) is 0. The molecule has 0 saturated carbocycles. The minimum atomic E-state index is 1.50. The molecule has 8 heavy (non-hydrogen) atoms.